The monoisotopic (exact) mass is 1220 g/mol. The van der Waals surface area contributed by atoms with Crippen molar-refractivity contribution in [2.24, 2.45) is 16.7 Å². The van der Waals surface area contributed by atoms with Gasteiger partial charge in [0.25, 0.3) is 5.91 Å². The number of ether oxygens (including phenoxy) is 2. The molecule has 3 aromatic carbocycles. The highest BCUT2D eigenvalue weighted by atomic mass is 19.3. The van der Waals surface area contributed by atoms with Gasteiger partial charge in [0.05, 0.1) is 38.1 Å². The van der Waals surface area contributed by atoms with Gasteiger partial charge in [0.2, 0.25) is 17.7 Å². The lowest BCUT2D eigenvalue weighted by molar-refractivity contribution is -0.132. The van der Waals surface area contributed by atoms with Gasteiger partial charge in [-0.15, -0.1) is 10.2 Å². The Balaban J connectivity index is 0.000000263. The quantitative estimate of drug-likeness (QED) is 0.0355. The second-order valence-electron chi connectivity index (χ2n) is 26.3. The SMILES string of the molecule is COC(=O)N[C@H](C(=O)N[C@@H](Cc1ccccc1)[C@@H](O)CN(Cc1ccc(-c2ccccn2)cc1)NC(=O)[C@@H](NC(=O)OC)C(C)(C)C)C(C)(C)C.Cc1nnc(C(C)C)n1C1C[C@H]2CC[C@@H](C1)N2CC[C@H](NC(=O)C1CCC(F)(F)CC1)c1ccccc1. The Kier molecular flexibility index (Phi) is 23.8. The summed E-state index contributed by atoms with van der Waals surface area (Å²) in [6.45, 7) is 18.2. The van der Waals surface area contributed by atoms with Gasteiger partial charge in [0, 0.05) is 74.2 Å². The van der Waals surface area contributed by atoms with Crippen molar-refractivity contribution < 1.29 is 47.3 Å². The molecule has 5 aromatic rings. The number of rotatable bonds is 22. The van der Waals surface area contributed by atoms with Crippen LogP contribution in [-0.4, -0.2) is 134 Å². The molecular weight excluding hydrogens is 1120 g/mol. The summed E-state index contributed by atoms with van der Waals surface area (Å²) in [5.41, 5.74) is 5.96. The normalized spacial score (nSPS) is 19.4. The molecule has 88 heavy (non-hydrogen) atoms. The van der Waals surface area contributed by atoms with Crippen molar-refractivity contribution in [2.75, 3.05) is 27.3 Å². The molecule has 8 rings (SSSR count). The molecule has 2 aliphatic heterocycles. The smallest absolute Gasteiger partial charge is 0.407 e. The van der Waals surface area contributed by atoms with Gasteiger partial charge in [-0.05, 0) is 97.9 Å². The van der Waals surface area contributed by atoms with E-state index in [0.29, 0.717) is 24.0 Å². The number of alkyl halides is 2. The van der Waals surface area contributed by atoms with Gasteiger partial charge in [0.15, 0.2) is 0 Å². The largest absolute Gasteiger partial charge is 0.453 e. The highest BCUT2D eigenvalue weighted by molar-refractivity contribution is 5.87. The van der Waals surface area contributed by atoms with Crippen LogP contribution in [0.1, 0.15) is 160 Å². The molecule has 2 aromatic heterocycles. The molecular formula is C67H93F2N11O8. The molecule has 3 fully saturated rings. The van der Waals surface area contributed by atoms with E-state index in [1.165, 1.54) is 27.1 Å². The average Bonchev–Trinajstić information content (AvgIpc) is 2.87. The number of hydrazine groups is 1. The molecule has 1 saturated carbocycles. The first-order valence-electron chi connectivity index (χ1n) is 30.9. The van der Waals surface area contributed by atoms with Crippen LogP contribution in [0.5, 0.6) is 0 Å². The summed E-state index contributed by atoms with van der Waals surface area (Å²) in [6.07, 6.45) is 4.81. The number of carbonyl (C=O) groups excluding carboxylic acids is 5. The molecule has 2 saturated heterocycles. The first-order chi connectivity index (χ1) is 41.7. The van der Waals surface area contributed by atoms with Crippen LogP contribution in [0.3, 0.4) is 0 Å². The number of aryl methyl sites for hydroxylation is 1. The number of aromatic nitrogens is 4. The Labute approximate surface area is 517 Å². The third kappa shape index (κ3) is 19.1. The minimum atomic E-state index is -2.62. The van der Waals surface area contributed by atoms with Gasteiger partial charge >= 0.3 is 12.2 Å². The minimum absolute atomic E-state index is 0.0738. The van der Waals surface area contributed by atoms with Gasteiger partial charge in [-0.1, -0.05) is 146 Å². The van der Waals surface area contributed by atoms with Gasteiger partial charge in [0.1, 0.15) is 23.7 Å². The summed E-state index contributed by atoms with van der Waals surface area (Å²) in [7, 11) is 2.44. The summed E-state index contributed by atoms with van der Waals surface area (Å²) in [5.74, 6) is -1.61. The zero-order chi connectivity index (χ0) is 63.9. The number of carbonyl (C=O) groups is 5. The van der Waals surface area contributed by atoms with Crippen molar-refractivity contribution in [3.8, 4) is 11.3 Å². The van der Waals surface area contributed by atoms with E-state index in [1.807, 2.05) is 112 Å². The van der Waals surface area contributed by atoms with Crippen LogP contribution < -0.4 is 26.7 Å². The van der Waals surface area contributed by atoms with E-state index < -0.39 is 65.0 Å². The molecule has 2 bridgehead atoms. The summed E-state index contributed by atoms with van der Waals surface area (Å²) in [6, 6.07) is 31.3. The summed E-state index contributed by atoms with van der Waals surface area (Å²) in [4.78, 5) is 72.1. The average molecular weight is 1220 g/mol. The van der Waals surface area contributed by atoms with Crippen LogP contribution in [0.15, 0.2) is 109 Å². The van der Waals surface area contributed by atoms with Crippen molar-refractivity contribution >= 4 is 29.9 Å². The molecule has 1 aliphatic carbocycles. The summed E-state index contributed by atoms with van der Waals surface area (Å²) >= 11 is 0. The first-order valence-corrected chi connectivity index (χ1v) is 30.9. The molecule has 3 aliphatic rings. The maximum absolute atomic E-state index is 13.8. The van der Waals surface area contributed by atoms with Gasteiger partial charge < -0.3 is 40.4 Å². The number of halogens is 2. The molecule has 19 nitrogen and oxygen atoms in total. The maximum atomic E-state index is 13.8. The number of pyridine rings is 1. The number of alkyl carbamates (subject to hydrolysis) is 2. The predicted octanol–water partition coefficient (Wildman–Crippen LogP) is 10.2. The van der Waals surface area contributed by atoms with Crippen molar-refractivity contribution in [3.05, 3.63) is 138 Å². The number of hydrogen-bond donors (Lipinski definition) is 6. The van der Waals surface area contributed by atoms with E-state index >= 15 is 0 Å². The maximum Gasteiger partial charge on any atom is 0.407 e. The zero-order valence-electron chi connectivity index (χ0n) is 53.1. The number of aliphatic hydroxyl groups is 1. The van der Waals surface area contributed by atoms with Crippen molar-refractivity contribution in [1.29, 1.82) is 0 Å². The van der Waals surface area contributed by atoms with Crippen molar-refractivity contribution in [1.82, 2.24) is 56.4 Å². The molecule has 0 radical (unpaired) electrons. The standard InChI is InChI=1S/C38H52N6O7.C29H41F2N5O/c1-37(2,3)31(41-35(48)50-7)33(46)40-29(22-25-14-10-9-11-15-25)30(45)24-44(43-34(47)32(38(4,5)6)42-36(49)51-8)23-26-17-19-27(20-18-26)28-16-12-13-21-39-28;1-19(2)27-34-33-20(3)36(27)25-17-23-9-10-24(18-25)35(23)16-13-26(21-7-5-4-6-8-21)32-28(37)22-11-14-29(30,31)15-12-22/h9-21,29-32,45H,22-24H2,1-8H3,(H,40,46)(H,41,48)(H,42,49)(H,43,47);4-8,19,22-26H,9-18H2,1-3H3,(H,32,37)/t29-,30-,31+,32+;23-,24+,25?,26-/m00/s1. The molecule has 478 valence electrons. The minimum Gasteiger partial charge on any atom is -0.453 e. The fraction of sp³-hybridized carbons (Fsp3) is 0.552. The Hall–Kier alpha value is -7.36. The Morgan fingerprint density at radius 3 is 1.82 bits per heavy atom. The third-order valence-corrected chi connectivity index (χ3v) is 17.1. The van der Waals surface area contributed by atoms with Crippen LogP contribution in [-0.2, 0) is 36.8 Å². The van der Waals surface area contributed by atoms with E-state index in [-0.39, 0.29) is 63.1 Å². The molecule has 21 heteroatoms. The number of nitrogens with zero attached hydrogens (tertiary/aromatic N) is 6. The number of nitrogens with one attached hydrogen (secondary N) is 5. The predicted molar refractivity (Wildman–Crippen MR) is 333 cm³/mol. The van der Waals surface area contributed by atoms with Gasteiger partial charge in [-0.3, -0.25) is 29.7 Å². The third-order valence-electron chi connectivity index (χ3n) is 17.1. The summed E-state index contributed by atoms with van der Waals surface area (Å²) in [5, 5.41) is 33.7. The molecule has 6 N–H and O–H groups in total. The Morgan fingerprint density at radius 1 is 0.705 bits per heavy atom. The molecule has 5 amide bonds. The van der Waals surface area contributed by atoms with E-state index in [9.17, 15) is 37.9 Å². The van der Waals surface area contributed by atoms with E-state index in [2.05, 4.69) is 84.2 Å². The number of amides is 5. The molecule has 1 unspecified atom stereocenters. The van der Waals surface area contributed by atoms with Crippen LogP contribution in [0.25, 0.3) is 11.3 Å². The molecule has 0 spiro atoms. The van der Waals surface area contributed by atoms with Crippen molar-refractivity contribution in [2.45, 2.75) is 193 Å². The fourth-order valence-corrected chi connectivity index (χ4v) is 12.3. The topological polar surface area (TPSA) is 234 Å². The molecule has 8 atom stereocenters. The van der Waals surface area contributed by atoms with Gasteiger partial charge in [-0.25, -0.2) is 23.4 Å². The van der Waals surface area contributed by atoms with Crippen LogP contribution in [0.2, 0.25) is 0 Å². The Morgan fingerprint density at radius 2 is 1.27 bits per heavy atom. The number of hydrogen-bond acceptors (Lipinski definition) is 13. The highest BCUT2D eigenvalue weighted by Crippen LogP contribution is 2.43. The number of fused-ring (bicyclic) bond motifs is 2. The van der Waals surface area contributed by atoms with Crippen LogP contribution in [0.4, 0.5) is 18.4 Å². The van der Waals surface area contributed by atoms with Crippen LogP contribution >= 0.6 is 0 Å². The number of aliphatic hydroxyl groups excluding tert-OH is 1. The zero-order valence-corrected chi connectivity index (χ0v) is 53.1. The van der Waals surface area contributed by atoms with Crippen LogP contribution in [0, 0.1) is 23.7 Å². The second kappa shape index (κ2) is 30.7. The molecule has 4 heterocycles. The lowest BCUT2D eigenvalue weighted by Crippen LogP contribution is -2.60. The lowest BCUT2D eigenvalue weighted by atomic mass is 9.85. The number of methoxy groups -OCH3 is 2. The summed E-state index contributed by atoms with van der Waals surface area (Å²) < 4.78 is 39.2. The van der Waals surface area contributed by atoms with Crippen molar-refractivity contribution in [3.63, 3.8) is 0 Å². The van der Waals surface area contributed by atoms with E-state index in [0.717, 1.165) is 65.4 Å². The van der Waals surface area contributed by atoms with E-state index in [4.69, 9.17) is 9.47 Å². The van der Waals surface area contributed by atoms with Gasteiger partial charge in [-0.2, -0.15) is 0 Å². The van der Waals surface area contributed by atoms with E-state index in [1.54, 1.807) is 32.0 Å². The lowest BCUT2D eigenvalue weighted by Gasteiger charge is -2.40. The fourth-order valence-electron chi connectivity index (χ4n) is 12.3. The first kappa shape index (κ1) is 68.1. The Bertz CT molecular complexity index is 3030. The number of benzene rings is 3. The number of piperidine rings is 1. The highest BCUT2D eigenvalue weighted by Gasteiger charge is 2.44. The second-order valence-corrected chi connectivity index (χ2v) is 26.3.